The normalized spacial score (nSPS) is 14.0. The summed E-state index contributed by atoms with van der Waals surface area (Å²) < 4.78 is 5.03. The molecule has 3 heteroatoms. The standard InChI is InChI=1S/C12H15NO2/c1-12(14,9-13)8-7-10-3-5-11(15-2)6-4-10/h3-6,14H,7-8H2,1-2H3. The lowest BCUT2D eigenvalue weighted by molar-refractivity contribution is 0.110. The number of rotatable bonds is 4. The summed E-state index contributed by atoms with van der Waals surface area (Å²) >= 11 is 0. The minimum Gasteiger partial charge on any atom is -0.497 e. The number of aliphatic hydroxyl groups is 1. The number of ether oxygens (including phenoxy) is 1. The molecule has 0 saturated carbocycles. The maximum atomic E-state index is 9.50. The van der Waals surface area contributed by atoms with Crippen molar-refractivity contribution in [2.24, 2.45) is 0 Å². The fourth-order valence-corrected chi connectivity index (χ4v) is 1.24. The van der Waals surface area contributed by atoms with Crippen molar-refractivity contribution in [1.82, 2.24) is 0 Å². The summed E-state index contributed by atoms with van der Waals surface area (Å²) in [6.45, 7) is 1.52. The summed E-state index contributed by atoms with van der Waals surface area (Å²) in [4.78, 5) is 0. The molecule has 0 aliphatic carbocycles. The predicted molar refractivity (Wildman–Crippen MR) is 57.6 cm³/mol. The summed E-state index contributed by atoms with van der Waals surface area (Å²) in [7, 11) is 1.62. The van der Waals surface area contributed by atoms with Crippen LogP contribution in [-0.2, 0) is 6.42 Å². The van der Waals surface area contributed by atoms with Gasteiger partial charge in [-0.1, -0.05) is 12.1 Å². The second-order valence-corrected chi connectivity index (χ2v) is 3.73. The Morgan fingerprint density at radius 2 is 2.00 bits per heavy atom. The van der Waals surface area contributed by atoms with Crippen LogP contribution in [0.2, 0.25) is 0 Å². The number of aryl methyl sites for hydroxylation is 1. The predicted octanol–water partition coefficient (Wildman–Crippen LogP) is 1.90. The van der Waals surface area contributed by atoms with Gasteiger partial charge < -0.3 is 9.84 Å². The molecule has 0 radical (unpaired) electrons. The molecule has 0 aliphatic rings. The molecule has 1 atom stereocenters. The van der Waals surface area contributed by atoms with E-state index in [0.29, 0.717) is 12.8 Å². The van der Waals surface area contributed by atoms with E-state index < -0.39 is 5.60 Å². The molecule has 0 saturated heterocycles. The molecule has 0 heterocycles. The maximum absolute atomic E-state index is 9.50. The van der Waals surface area contributed by atoms with E-state index in [1.54, 1.807) is 7.11 Å². The van der Waals surface area contributed by atoms with Gasteiger partial charge in [-0.2, -0.15) is 5.26 Å². The number of hydrogen-bond donors (Lipinski definition) is 1. The molecule has 1 aromatic carbocycles. The topological polar surface area (TPSA) is 53.2 Å². The Labute approximate surface area is 89.9 Å². The second kappa shape index (κ2) is 4.81. The zero-order valence-corrected chi connectivity index (χ0v) is 9.03. The number of hydrogen-bond acceptors (Lipinski definition) is 3. The van der Waals surface area contributed by atoms with Crippen molar-refractivity contribution in [3.05, 3.63) is 29.8 Å². The SMILES string of the molecule is COc1ccc(CCC(C)(O)C#N)cc1. The van der Waals surface area contributed by atoms with E-state index in [2.05, 4.69) is 0 Å². The van der Waals surface area contributed by atoms with E-state index in [1.807, 2.05) is 30.3 Å². The average molecular weight is 205 g/mol. The molecule has 0 aromatic heterocycles. The van der Waals surface area contributed by atoms with Gasteiger partial charge in [0, 0.05) is 0 Å². The Balaban J connectivity index is 2.56. The van der Waals surface area contributed by atoms with Crippen LogP contribution in [0.5, 0.6) is 5.75 Å². The van der Waals surface area contributed by atoms with Crippen molar-refractivity contribution >= 4 is 0 Å². The lowest BCUT2D eigenvalue weighted by Gasteiger charge is -2.13. The molecule has 0 fully saturated rings. The Kier molecular flexibility index (Phi) is 3.70. The molecule has 1 unspecified atom stereocenters. The summed E-state index contributed by atoms with van der Waals surface area (Å²) in [5.74, 6) is 0.811. The minimum absolute atomic E-state index is 0.440. The van der Waals surface area contributed by atoms with Gasteiger partial charge in [-0.25, -0.2) is 0 Å². The van der Waals surface area contributed by atoms with Crippen molar-refractivity contribution in [1.29, 1.82) is 5.26 Å². The van der Waals surface area contributed by atoms with Crippen molar-refractivity contribution in [3.63, 3.8) is 0 Å². The summed E-state index contributed by atoms with van der Waals surface area (Å²) in [5.41, 5.74) is -0.147. The first-order valence-electron chi connectivity index (χ1n) is 4.84. The van der Waals surface area contributed by atoms with Crippen molar-refractivity contribution in [2.45, 2.75) is 25.4 Å². The molecule has 80 valence electrons. The molecule has 1 N–H and O–H groups in total. The Bertz CT molecular complexity index is 349. The summed E-state index contributed by atoms with van der Waals surface area (Å²) in [5, 5.41) is 18.1. The van der Waals surface area contributed by atoms with Gasteiger partial charge in [0.05, 0.1) is 13.2 Å². The molecular formula is C12H15NO2. The van der Waals surface area contributed by atoms with E-state index in [1.165, 1.54) is 6.92 Å². The largest absolute Gasteiger partial charge is 0.497 e. The van der Waals surface area contributed by atoms with Crippen LogP contribution >= 0.6 is 0 Å². The minimum atomic E-state index is -1.24. The van der Waals surface area contributed by atoms with Gasteiger partial charge in [0.1, 0.15) is 11.4 Å². The summed E-state index contributed by atoms with van der Waals surface area (Å²) in [6, 6.07) is 9.48. The van der Waals surface area contributed by atoms with Crippen LogP contribution in [0.4, 0.5) is 0 Å². The second-order valence-electron chi connectivity index (χ2n) is 3.73. The zero-order valence-electron chi connectivity index (χ0n) is 9.03. The highest BCUT2D eigenvalue weighted by Crippen LogP contribution is 2.16. The lowest BCUT2D eigenvalue weighted by Crippen LogP contribution is -2.21. The molecule has 0 bridgehead atoms. The van der Waals surface area contributed by atoms with Crippen LogP contribution in [0, 0.1) is 11.3 Å². The Morgan fingerprint density at radius 1 is 1.40 bits per heavy atom. The highest BCUT2D eigenvalue weighted by Gasteiger charge is 2.18. The fraction of sp³-hybridized carbons (Fsp3) is 0.417. The van der Waals surface area contributed by atoms with Crippen LogP contribution in [-0.4, -0.2) is 17.8 Å². The molecular weight excluding hydrogens is 190 g/mol. The van der Waals surface area contributed by atoms with Gasteiger partial charge in [-0.15, -0.1) is 0 Å². The zero-order chi connectivity index (χ0) is 11.3. The van der Waals surface area contributed by atoms with Crippen LogP contribution in [0.25, 0.3) is 0 Å². The first-order chi connectivity index (χ1) is 7.07. The Hall–Kier alpha value is -1.53. The molecule has 3 nitrogen and oxygen atoms in total. The van der Waals surface area contributed by atoms with Gasteiger partial charge in [0.15, 0.2) is 0 Å². The van der Waals surface area contributed by atoms with Crippen LogP contribution < -0.4 is 4.74 Å². The van der Waals surface area contributed by atoms with E-state index in [0.717, 1.165) is 11.3 Å². The molecule has 15 heavy (non-hydrogen) atoms. The van der Waals surface area contributed by atoms with Gasteiger partial charge in [-0.3, -0.25) is 0 Å². The number of nitrogens with zero attached hydrogens (tertiary/aromatic N) is 1. The van der Waals surface area contributed by atoms with Crippen LogP contribution in [0.1, 0.15) is 18.9 Å². The third-order valence-electron chi connectivity index (χ3n) is 2.30. The van der Waals surface area contributed by atoms with Gasteiger partial charge in [-0.05, 0) is 37.5 Å². The van der Waals surface area contributed by atoms with Crippen molar-refractivity contribution in [3.8, 4) is 11.8 Å². The van der Waals surface area contributed by atoms with E-state index in [4.69, 9.17) is 10.00 Å². The van der Waals surface area contributed by atoms with Crippen molar-refractivity contribution in [2.75, 3.05) is 7.11 Å². The van der Waals surface area contributed by atoms with Gasteiger partial charge in [0.2, 0.25) is 0 Å². The van der Waals surface area contributed by atoms with E-state index in [9.17, 15) is 5.11 Å². The van der Waals surface area contributed by atoms with Gasteiger partial charge >= 0.3 is 0 Å². The van der Waals surface area contributed by atoms with Crippen molar-refractivity contribution < 1.29 is 9.84 Å². The fourth-order valence-electron chi connectivity index (χ4n) is 1.24. The average Bonchev–Trinajstić information content (AvgIpc) is 2.27. The Morgan fingerprint density at radius 3 is 2.47 bits per heavy atom. The quantitative estimate of drug-likeness (QED) is 0.764. The number of benzene rings is 1. The highest BCUT2D eigenvalue weighted by atomic mass is 16.5. The number of methoxy groups -OCH3 is 1. The molecule has 0 aliphatic heterocycles. The number of nitriles is 1. The smallest absolute Gasteiger partial charge is 0.148 e. The lowest BCUT2D eigenvalue weighted by atomic mass is 9.98. The first kappa shape index (κ1) is 11.5. The third kappa shape index (κ3) is 3.61. The van der Waals surface area contributed by atoms with Gasteiger partial charge in [0.25, 0.3) is 0 Å². The van der Waals surface area contributed by atoms with Crippen LogP contribution in [0.15, 0.2) is 24.3 Å². The highest BCUT2D eigenvalue weighted by molar-refractivity contribution is 5.27. The monoisotopic (exact) mass is 205 g/mol. The molecule has 0 amide bonds. The first-order valence-corrected chi connectivity index (χ1v) is 4.84. The third-order valence-corrected chi connectivity index (χ3v) is 2.30. The summed E-state index contributed by atoms with van der Waals surface area (Å²) in [6.07, 6.45) is 1.13. The van der Waals surface area contributed by atoms with E-state index in [-0.39, 0.29) is 0 Å². The van der Waals surface area contributed by atoms with E-state index >= 15 is 0 Å². The van der Waals surface area contributed by atoms with Crippen LogP contribution in [0.3, 0.4) is 0 Å². The molecule has 0 spiro atoms. The molecule has 1 rings (SSSR count). The maximum Gasteiger partial charge on any atom is 0.148 e. The molecule has 1 aromatic rings.